The van der Waals surface area contributed by atoms with Gasteiger partial charge in [0.25, 0.3) is 11.8 Å². The third-order valence-corrected chi connectivity index (χ3v) is 7.34. The van der Waals surface area contributed by atoms with Gasteiger partial charge in [-0.15, -0.1) is 0 Å². The number of aromatic amines is 2. The third kappa shape index (κ3) is 3.44. The van der Waals surface area contributed by atoms with E-state index in [9.17, 15) is 14.4 Å². The molecule has 0 atom stereocenters. The number of amides is 2. The number of hydrogen-bond donors (Lipinski definition) is 3. The van der Waals surface area contributed by atoms with Crippen LogP contribution in [0.3, 0.4) is 0 Å². The Bertz CT molecular complexity index is 1480. The molecule has 0 unspecified atom stereocenters. The summed E-state index contributed by atoms with van der Waals surface area (Å²) in [6.45, 7) is 0.810. The van der Waals surface area contributed by atoms with E-state index in [-0.39, 0.29) is 23.9 Å². The summed E-state index contributed by atoms with van der Waals surface area (Å²) in [6.07, 6.45) is 3.35. The van der Waals surface area contributed by atoms with Crippen molar-refractivity contribution < 1.29 is 19.5 Å². The summed E-state index contributed by atoms with van der Waals surface area (Å²) in [4.78, 5) is 48.9. The van der Waals surface area contributed by atoms with Crippen LogP contribution >= 0.6 is 0 Å². The quantitative estimate of drug-likeness (QED) is 0.399. The maximum atomic E-state index is 13.6. The second kappa shape index (κ2) is 8.04. The maximum absolute atomic E-state index is 13.6. The molecule has 1 aromatic carbocycles. The molecule has 0 bridgehead atoms. The van der Waals surface area contributed by atoms with Crippen molar-refractivity contribution in [2.24, 2.45) is 0 Å². The number of nitrogens with one attached hydrogen (secondary N) is 2. The summed E-state index contributed by atoms with van der Waals surface area (Å²) in [6, 6.07) is 12.8. The fourth-order valence-electron chi connectivity index (χ4n) is 5.03. The van der Waals surface area contributed by atoms with Crippen molar-refractivity contribution in [3.8, 4) is 0 Å². The van der Waals surface area contributed by atoms with Crippen LogP contribution in [0.5, 0.6) is 0 Å². The number of aromatic carboxylic acids is 1. The number of aromatic nitrogens is 4. The van der Waals surface area contributed by atoms with E-state index in [1.807, 2.05) is 30.3 Å². The number of carboxylic acids is 1. The SMILES string of the molecule is CN(C(=O)c1n[nH]c2c1CN(C(=O)c1cc3ccccc3[nH]1)CC2)C1(c2ccc(C(=O)O)cn2)CC1. The highest BCUT2D eigenvalue weighted by Crippen LogP contribution is 2.50. The van der Waals surface area contributed by atoms with E-state index >= 15 is 0 Å². The maximum Gasteiger partial charge on any atom is 0.337 e. The average Bonchev–Trinajstić information content (AvgIpc) is 3.42. The van der Waals surface area contributed by atoms with E-state index in [1.165, 1.54) is 12.3 Å². The molecule has 1 aliphatic heterocycles. The number of fused-ring (bicyclic) bond motifs is 2. The number of pyridine rings is 1. The van der Waals surface area contributed by atoms with Gasteiger partial charge in [0.1, 0.15) is 5.69 Å². The van der Waals surface area contributed by atoms with E-state index in [0.717, 1.165) is 35.0 Å². The summed E-state index contributed by atoms with van der Waals surface area (Å²) >= 11 is 0. The minimum absolute atomic E-state index is 0.102. The number of nitrogens with zero attached hydrogens (tertiary/aromatic N) is 4. The molecule has 3 N–H and O–H groups in total. The van der Waals surface area contributed by atoms with E-state index in [1.54, 1.807) is 22.9 Å². The van der Waals surface area contributed by atoms with Gasteiger partial charge in [-0.3, -0.25) is 19.7 Å². The first-order valence-corrected chi connectivity index (χ1v) is 11.8. The Morgan fingerprint density at radius 1 is 1.14 bits per heavy atom. The molecule has 4 aromatic rings. The molecule has 1 aliphatic carbocycles. The van der Waals surface area contributed by atoms with Gasteiger partial charge in [-0.25, -0.2) is 4.79 Å². The first-order chi connectivity index (χ1) is 17.4. The smallest absolute Gasteiger partial charge is 0.337 e. The number of H-pyrrole nitrogens is 2. The van der Waals surface area contributed by atoms with Crippen LogP contribution < -0.4 is 0 Å². The van der Waals surface area contributed by atoms with Crippen molar-refractivity contribution in [1.82, 2.24) is 30.0 Å². The topological polar surface area (TPSA) is 135 Å². The fourth-order valence-corrected chi connectivity index (χ4v) is 5.03. The van der Waals surface area contributed by atoms with Crippen LogP contribution in [0.1, 0.15) is 61.1 Å². The van der Waals surface area contributed by atoms with E-state index in [0.29, 0.717) is 30.0 Å². The molecule has 1 fully saturated rings. The van der Waals surface area contributed by atoms with E-state index in [2.05, 4.69) is 20.2 Å². The Labute approximate surface area is 205 Å². The normalized spacial score (nSPS) is 16.0. The molecule has 0 spiro atoms. The Morgan fingerprint density at radius 3 is 2.64 bits per heavy atom. The molecule has 6 rings (SSSR count). The second-order valence-corrected chi connectivity index (χ2v) is 9.41. The first kappa shape index (κ1) is 22.0. The average molecular weight is 485 g/mol. The number of para-hydroxylation sites is 1. The minimum atomic E-state index is -1.04. The molecular formula is C26H24N6O4. The number of carbonyl (C=O) groups excluding carboxylic acids is 2. The molecule has 36 heavy (non-hydrogen) atoms. The summed E-state index contributed by atoms with van der Waals surface area (Å²) < 4.78 is 0. The zero-order valence-electron chi connectivity index (χ0n) is 19.6. The van der Waals surface area contributed by atoms with Gasteiger partial charge in [-0.2, -0.15) is 5.10 Å². The lowest BCUT2D eigenvalue weighted by Gasteiger charge is -2.29. The lowest BCUT2D eigenvalue weighted by molar-refractivity contribution is 0.0674. The van der Waals surface area contributed by atoms with Gasteiger partial charge in [-0.05, 0) is 37.1 Å². The van der Waals surface area contributed by atoms with E-state index < -0.39 is 11.5 Å². The summed E-state index contributed by atoms with van der Waals surface area (Å²) in [5, 5.41) is 17.4. The number of benzene rings is 1. The summed E-state index contributed by atoms with van der Waals surface area (Å²) in [7, 11) is 1.72. The molecule has 182 valence electrons. The third-order valence-electron chi connectivity index (χ3n) is 7.34. The molecule has 10 nitrogen and oxygen atoms in total. The van der Waals surface area contributed by atoms with Gasteiger partial charge in [0.2, 0.25) is 0 Å². The molecular weight excluding hydrogens is 460 g/mol. The van der Waals surface area contributed by atoms with Crippen molar-refractivity contribution in [3.05, 3.63) is 82.6 Å². The second-order valence-electron chi connectivity index (χ2n) is 9.41. The molecule has 4 heterocycles. The van der Waals surface area contributed by atoms with Crippen molar-refractivity contribution in [2.75, 3.05) is 13.6 Å². The van der Waals surface area contributed by atoms with Crippen molar-refractivity contribution in [1.29, 1.82) is 0 Å². The molecule has 10 heteroatoms. The van der Waals surface area contributed by atoms with Crippen LogP contribution in [0.15, 0.2) is 48.7 Å². The van der Waals surface area contributed by atoms with Crippen LogP contribution in [0.4, 0.5) is 0 Å². The van der Waals surface area contributed by atoms with Gasteiger partial charge in [0, 0.05) is 48.4 Å². The summed E-state index contributed by atoms with van der Waals surface area (Å²) in [5.41, 5.74) is 3.48. The Hall–Kier alpha value is -4.47. The van der Waals surface area contributed by atoms with Crippen LogP contribution in [0, 0.1) is 0 Å². The standard InChI is InChI=1S/C26H24N6O4/c1-31(26(9-10-26)21-7-6-16(13-27-21)25(35)36)24(34)22-17-14-32(11-8-19(17)29-30-22)23(33)20-12-15-4-2-3-5-18(15)28-20/h2-7,12-13,28H,8-11,14H2,1H3,(H,29,30)(H,35,36). The van der Waals surface area contributed by atoms with E-state index in [4.69, 9.17) is 5.11 Å². The number of carboxylic acid groups (broad SMARTS) is 1. The van der Waals surface area contributed by atoms with Gasteiger partial charge >= 0.3 is 5.97 Å². The van der Waals surface area contributed by atoms with Crippen molar-refractivity contribution in [3.63, 3.8) is 0 Å². The highest BCUT2D eigenvalue weighted by atomic mass is 16.4. The Kier molecular flexibility index (Phi) is 4.92. The molecule has 2 aliphatic rings. The molecule has 0 saturated heterocycles. The summed E-state index contributed by atoms with van der Waals surface area (Å²) in [5.74, 6) is -1.42. The Balaban J connectivity index is 1.24. The predicted molar refractivity (Wildman–Crippen MR) is 130 cm³/mol. The lowest BCUT2D eigenvalue weighted by Crippen LogP contribution is -2.40. The predicted octanol–water partition coefficient (Wildman–Crippen LogP) is 2.94. The van der Waals surface area contributed by atoms with Gasteiger partial charge in [0.15, 0.2) is 5.69 Å². The molecule has 3 aromatic heterocycles. The lowest BCUT2D eigenvalue weighted by atomic mass is 10.0. The molecule has 1 saturated carbocycles. The van der Waals surface area contributed by atoms with Crippen LogP contribution in [-0.2, 0) is 18.5 Å². The fraction of sp³-hybridized carbons (Fsp3) is 0.269. The van der Waals surface area contributed by atoms with Gasteiger partial charge in [-0.1, -0.05) is 18.2 Å². The van der Waals surface area contributed by atoms with Crippen molar-refractivity contribution in [2.45, 2.75) is 31.3 Å². The number of rotatable bonds is 5. The largest absolute Gasteiger partial charge is 0.478 e. The number of hydrogen-bond acceptors (Lipinski definition) is 5. The van der Waals surface area contributed by atoms with Gasteiger partial charge < -0.3 is 19.9 Å². The van der Waals surface area contributed by atoms with Crippen molar-refractivity contribution >= 4 is 28.7 Å². The zero-order valence-corrected chi connectivity index (χ0v) is 19.6. The highest BCUT2D eigenvalue weighted by Gasteiger charge is 2.52. The van der Waals surface area contributed by atoms with Crippen LogP contribution in [-0.4, -0.2) is 66.4 Å². The first-order valence-electron chi connectivity index (χ1n) is 11.8. The number of carbonyl (C=O) groups is 3. The van der Waals surface area contributed by atoms with Gasteiger partial charge in [0.05, 0.1) is 23.3 Å². The Morgan fingerprint density at radius 2 is 1.94 bits per heavy atom. The minimum Gasteiger partial charge on any atom is -0.478 e. The monoisotopic (exact) mass is 484 g/mol. The van der Waals surface area contributed by atoms with Crippen LogP contribution in [0.25, 0.3) is 10.9 Å². The van der Waals surface area contributed by atoms with Crippen LogP contribution in [0.2, 0.25) is 0 Å². The molecule has 2 amide bonds. The highest BCUT2D eigenvalue weighted by molar-refractivity contribution is 5.99. The zero-order chi connectivity index (χ0) is 25.0. The molecule has 0 radical (unpaired) electrons.